The van der Waals surface area contributed by atoms with Crippen molar-refractivity contribution in [3.63, 3.8) is 0 Å². The molecule has 0 aliphatic rings. The molecular formula is H6Mo2O8P2S2. The van der Waals surface area contributed by atoms with Gasteiger partial charge in [0.05, 0.1) is 0 Å². The summed E-state index contributed by atoms with van der Waals surface area (Å²) in [5.74, 6) is 0. The van der Waals surface area contributed by atoms with E-state index in [1.807, 2.05) is 0 Å². The summed E-state index contributed by atoms with van der Waals surface area (Å²) in [6.45, 7) is 0. The van der Waals surface area contributed by atoms with E-state index in [4.69, 9.17) is 19.6 Å². The van der Waals surface area contributed by atoms with E-state index < -0.39 is 15.6 Å². The Labute approximate surface area is 114 Å². The molecule has 4 N–H and O–H groups in total. The van der Waals surface area contributed by atoms with Crippen molar-refractivity contribution in [3.8, 4) is 0 Å². The van der Waals surface area contributed by atoms with Gasteiger partial charge in [0, 0.05) is 0 Å². The molecule has 14 heavy (non-hydrogen) atoms. The molecule has 0 spiro atoms. The Balaban J connectivity index is -0.000000147. The minimum absolute atomic E-state index is 0.883. The van der Waals surface area contributed by atoms with Crippen molar-refractivity contribution in [2.45, 2.75) is 0 Å². The zero-order valence-corrected chi connectivity index (χ0v) is 13.6. The van der Waals surface area contributed by atoms with Gasteiger partial charge in [-0.3, -0.25) is 0 Å². The second kappa shape index (κ2) is 11.8. The van der Waals surface area contributed by atoms with E-state index in [-0.39, 0.29) is 0 Å². The van der Waals surface area contributed by atoms with Crippen LogP contribution in [0.3, 0.4) is 0 Å². The first-order chi connectivity index (χ1) is 6.12. The Morgan fingerprint density at radius 3 is 0.929 bits per heavy atom. The Hall–Kier alpha value is 2.30. The minimum Gasteiger partial charge on any atom is -0.115 e. The fraction of sp³-hybridized carbons (Fsp3) is 0. The Kier molecular flexibility index (Phi) is 18.1. The van der Waals surface area contributed by atoms with Gasteiger partial charge in [-0.25, -0.2) is 0 Å². The van der Waals surface area contributed by atoms with E-state index in [1.54, 1.807) is 0 Å². The third kappa shape index (κ3) is 36.7. The van der Waals surface area contributed by atoms with Gasteiger partial charge in [0.2, 0.25) is 0 Å². The number of hydrogen-bond acceptors (Lipinski definition) is 6. The summed E-state index contributed by atoms with van der Waals surface area (Å²) in [5, 5.41) is 0. The van der Waals surface area contributed by atoms with E-state index >= 15 is 0 Å². The molecule has 0 saturated heterocycles. The van der Waals surface area contributed by atoms with Crippen molar-refractivity contribution in [2.24, 2.45) is 0 Å². The van der Waals surface area contributed by atoms with E-state index in [9.17, 15) is 9.13 Å². The molecule has 0 aromatic rings. The Morgan fingerprint density at radius 2 is 0.929 bits per heavy atom. The van der Waals surface area contributed by atoms with Gasteiger partial charge < -0.3 is 0 Å². The van der Waals surface area contributed by atoms with Crippen molar-refractivity contribution < 1.29 is 75.4 Å². The maximum Gasteiger partial charge on any atom is -0.115 e. The van der Waals surface area contributed by atoms with Crippen LogP contribution >= 0.6 is 39.0 Å². The second-order valence-electron chi connectivity index (χ2n) is 1.13. The number of hydrogen-bond donors (Lipinski definition) is 6. The molecule has 14 heteroatoms. The Morgan fingerprint density at radius 1 is 0.857 bits per heavy atom. The van der Waals surface area contributed by atoms with Gasteiger partial charge in [0.15, 0.2) is 0 Å². The minimum atomic E-state index is -4.14. The first-order valence-electron chi connectivity index (χ1n) is 2.06. The van der Waals surface area contributed by atoms with E-state index in [0.29, 0.717) is 0 Å². The molecule has 0 unspecified atom stereocenters. The van der Waals surface area contributed by atoms with Crippen LogP contribution in [0.4, 0.5) is 0 Å². The van der Waals surface area contributed by atoms with Crippen LogP contribution in [0.25, 0.3) is 0 Å². The summed E-state index contributed by atoms with van der Waals surface area (Å²) in [6, 6.07) is 0. The summed E-state index contributed by atoms with van der Waals surface area (Å²) in [7, 11) is -8.28. The van der Waals surface area contributed by atoms with E-state index in [1.165, 1.54) is 0 Å². The van der Waals surface area contributed by atoms with Gasteiger partial charge >= 0.3 is 91.1 Å². The number of rotatable bonds is 2. The van der Waals surface area contributed by atoms with E-state index in [2.05, 4.69) is 29.7 Å². The standard InChI is InChI=1S/2Mo.2H3O4P.H2S2/c;;2*1-5(2,3)4;1-2/h;;2*(H3,1,2,3,4);1-2H/q2*+1;;;/p-2. The predicted octanol–water partition coefficient (Wildman–Crippen LogP) is -0.124. The molecule has 0 aromatic heterocycles. The average Bonchev–Trinajstić information content (AvgIpc) is 2.07. The van der Waals surface area contributed by atoms with Gasteiger partial charge in [-0.2, -0.15) is 0 Å². The van der Waals surface area contributed by atoms with E-state index in [0.717, 1.165) is 40.4 Å². The molecule has 0 rings (SSSR count). The van der Waals surface area contributed by atoms with Gasteiger partial charge in [-0.15, -0.1) is 23.3 Å². The quantitative estimate of drug-likeness (QED) is 0.148. The average molecular weight is 452 g/mol. The van der Waals surface area contributed by atoms with Crippen molar-refractivity contribution in [3.05, 3.63) is 0 Å². The number of phosphoric acid groups is 2. The van der Waals surface area contributed by atoms with Crippen LogP contribution in [0.1, 0.15) is 0 Å². The summed E-state index contributed by atoms with van der Waals surface area (Å²) in [4.78, 5) is 30.9. The van der Waals surface area contributed by atoms with Crippen LogP contribution in [0.15, 0.2) is 0 Å². The van der Waals surface area contributed by atoms with Crippen molar-refractivity contribution in [1.82, 2.24) is 0 Å². The van der Waals surface area contributed by atoms with Crippen LogP contribution in [-0.2, 0) is 55.9 Å². The summed E-state index contributed by atoms with van der Waals surface area (Å²) in [5.41, 5.74) is 0. The first kappa shape index (κ1) is 21.6. The van der Waals surface area contributed by atoms with Gasteiger partial charge in [0.1, 0.15) is 0 Å². The van der Waals surface area contributed by atoms with Crippen molar-refractivity contribution >= 4 is 39.0 Å². The molecule has 0 aliphatic carbocycles. The summed E-state index contributed by atoms with van der Waals surface area (Å²) < 4.78 is 26.2. The molecule has 0 atom stereocenters. The van der Waals surface area contributed by atoms with Crippen molar-refractivity contribution in [2.75, 3.05) is 0 Å². The monoisotopic (exact) mass is 456 g/mol. The SMILES string of the molecule is O=P(O)(O)[O][Mo].O=P(O)(O)[O][Mo].SS. The maximum atomic E-state index is 9.47. The molecule has 0 aromatic carbocycles. The molecule has 0 radical (unpaired) electrons. The van der Waals surface area contributed by atoms with Crippen LogP contribution in [0.2, 0.25) is 0 Å². The van der Waals surface area contributed by atoms with Gasteiger partial charge in [-0.1, -0.05) is 0 Å². The number of thiol groups is 2. The van der Waals surface area contributed by atoms with Gasteiger partial charge in [-0.05, 0) is 0 Å². The van der Waals surface area contributed by atoms with Crippen LogP contribution in [0, 0.1) is 0 Å². The normalized spacial score (nSPS) is 10.4. The zero-order valence-electron chi connectivity index (χ0n) is 6.03. The molecule has 0 fully saturated rings. The van der Waals surface area contributed by atoms with Gasteiger partial charge in [0.25, 0.3) is 0 Å². The predicted molar refractivity (Wildman–Crippen MR) is 44.2 cm³/mol. The van der Waals surface area contributed by atoms with Crippen molar-refractivity contribution in [1.29, 1.82) is 0 Å². The summed E-state index contributed by atoms with van der Waals surface area (Å²) >= 11 is 8.21. The van der Waals surface area contributed by atoms with Crippen LogP contribution < -0.4 is 0 Å². The fourth-order valence-electron chi connectivity index (χ4n) is 0. The third-order valence-corrected chi connectivity index (χ3v) is 3.45. The smallest absolute Gasteiger partial charge is 0.115 e. The molecule has 0 aliphatic heterocycles. The molecule has 0 heterocycles. The molecule has 0 bridgehead atoms. The molecule has 0 saturated carbocycles. The van der Waals surface area contributed by atoms with Crippen LogP contribution in [0.5, 0.6) is 0 Å². The summed E-state index contributed by atoms with van der Waals surface area (Å²) in [6.07, 6.45) is 0. The second-order valence-corrected chi connectivity index (χ2v) is 5.59. The topological polar surface area (TPSA) is 134 Å². The largest absolute Gasteiger partial charge is 0.115 e. The third-order valence-electron chi connectivity index (χ3n) is 0.194. The maximum absolute atomic E-state index is 9.47. The van der Waals surface area contributed by atoms with Crippen LogP contribution in [-0.4, -0.2) is 19.6 Å². The molecule has 8 nitrogen and oxygen atoms in total. The zero-order chi connectivity index (χ0) is 12.4. The molecule has 88 valence electrons. The molecular weight excluding hydrogens is 446 g/mol. The molecule has 0 amide bonds. The Bertz CT molecular complexity index is 174. The first-order valence-corrected chi connectivity index (χ1v) is 8.36. The fourth-order valence-corrected chi connectivity index (χ4v) is 0.